The molecule has 3 heterocycles. The van der Waals surface area contributed by atoms with Crippen molar-refractivity contribution in [2.75, 3.05) is 25.1 Å². The summed E-state index contributed by atoms with van der Waals surface area (Å²) in [6.07, 6.45) is 12.0. The summed E-state index contributed by atoms with van der Waals surface area (Å²) in [6, 6.07) is 10.9. The Labute approximate surface area is 240 Å². The van der Waals surface area contributed by atoms with Crippen molar-refractivity contribution in [1.29, 1.82) is 0 Å². The Morgan fingerprint density at radius 1 is 1.05 bits per heavy atom. The number of aliphatic hydroxyl groups is 1. The molecule has 3 aliphatic rings. The number of benzene rings is 1. The van der Waals surface area contributed by atoms with Gasteiger partial charge in [-0.25, -0.2) is 4.98 Å². The van der Waals surface area contributed by atoms with Gasteiger partial charge in [0, 0.05) is 24.8 Å². The predicted molar refractivity (Wildman–Crippen MR) is 168 cm³/mol. The summed E-state index contributed by atoms with van der Waals surface area (Å²) in [4.78, 5) is 4.59. The van der Waals surface area contributed by atoms with E-state index in [1.807, 2.05) is 13.8 Å². The van der Waals surface area contributed by atoms with Gasteiger partial charge in [0.15, 0.2) is 0 Å². The fourth-order valence-electron chi connectivity index (χ4n) is 6.05. The number of pyridine rings is 1. The lowest BCUT2D eigenvalue weighted by Crippen LogP contribution is -2.16. The van der Waals surface area contributed by atoms with E-state index in [1.165, 1.54) is 55.2 Å². The van der Waals surface area contributed by atoms with Crippen molar-refractivity contribution in [2.45, 2.75) is 125 Å². The molecule has 0 saturated heterocycles. The number of aliphatic hydroxyl groups excluding tert-OH is 1. The Bertz CT molecular complexity index is 956. The second kappa shape index (κ2) is 17.7. The average Bonchev–Trinajstić information content (AvgIpc) is 3.27. The molecule has 4 heteroatoms. The smallest absolute Gasteiger partial charge is 0.129 e. The van der Waals surface area contributed by atoms with Crippen LogP contribution in [0.2, 0.25) is 0 Å². The van der Waals surface area contributed by atoms with Crippen molar-refractivity contribution >= 4 is 5.82 Å². The van der Waals surface area contributed by atoms with Gasteiger partial charge in [0.25, 0.3) is 0 Å². The minimum atomic E-state index is 0.281. The number of aromatic nitrogens is 1. The lowest BCUT2D eigenvalue weighted by Gasteiger charge is -2.25. The molecule has 2 aromatic rings. The SMILES string of the molecule is CC.CC1CCC(C)(C)C1.CCCc1cccc2c1C(C)COC2.OCCCCc1ccc2c(n1)NCCC2. The second-order valence-corrected chi connectivity index (χ2v) is 12.2. The molecule has 2 atom stereocenters. The number of rotatable bonds is 6. The van der Waals surface area contributed by atoms with Gasteiger partial charge in [-0.3, -0.25) is 0 Å². The zero-order chi connectivity index (χ0) is 28.7. The van der Waals surface area contributed by atoms with Crippen LogP contribution in [0.15, 0.2) is 30.3 Å². The molecule has 4 nitrogen and oxygen atoms in total. The van der Waals surface area contributed by atoms with E-state index in [2.05, 4.69) is 75.3 Å². The molecule has 2 unspecified atom stereocenters. The van der Waals surface area contributed by atoms with Gasteiger partial charge >= 0.3 is 0 Å². The molecule has 0 amide bonds. The maximum Gasteiger partial charge on any atom is 0.129 e. The highest BCUT2D eigenvalue weighted by atomic mass is 16.5. The van der Waals surface area contributed by atoms with Gasteiger partial charge in [0.2, 0.25) is 0 Å². The van der Waals surface area contributed by atoms with Gasteiger partial charge < -0.3 is 15.2 Å². The van der Waals surface area contributed by atoms with Gasteiger partial charge in [0.1, 0.15) is 5.82 Å². The highest BCUT2D eigenvalue weighted by molar-refractivity contribution is 5.47. The van der Waals surface area contributed by atoms with Gasteiger partial charge in [-0.15, -0.1) is 0 Å². The minimum Gasteiger partial charge on any atom is -0.396 e. The van der Waals surface area contributed by atoms with Crippen LogP contribution in [-0.2, 0) is 30.6 Å². The largest absolute Gasteiger partial charge is 0.396 e. The van der Waals surface area contributed by atoms with Crippen molar-refractivity contribution in [3.05, 3.63) is 58.3 Å². The first-order valence-corrected chi connectivity index (χ1v) is 15.8. The van der Waals surface area contributed by atoms with Crippen molar-refractivity contribution in [3.8, 4) is 0 Å². The molecule has 1 saturated carbocycles. The number of nitrogens with zero attached hydrogens (tertiary/aromatic N) is 1. The molecule has 1 aromatic heterocycles. The van der Waals surface area contributed by atoms with E-state index in [1.54, 1.807) is 5.56 Å². The molecule has 220 valence electrons. The number of hydrogen-bond donors (Lipinski definition) is 2. The predicted octanol–water partition coefficient (Wildman–Crippen LogP) is 8.89. The summed E-state index contributed by atoms with van der Waals surface area (Å²) in [5.74, 6) is 2.63. The van der Waals surface area contributed by atoms with Crippen LogP contribution in [0.1, 0.15) is 127 Å². The number of anilines is 1. The zero-order valence-electron chi connectivity index (χ0n) is 26.2. The Morgan fingerprint density at radius 2 is 1.85 bits per heavy atom. The van der Waals surface area contributed by atoms with E-state index in [-0.39, 0.29) is 6.61 Å². The van der Waals surface area contributed by atoms with Gasteiger partial charge in [-0.1, -0.05) is 85.6 Å². The summed E-state index contributed by atoms with van der Waals surface area (Å²) in [5.41, 5.74) is 7.62. The monoisotopic (exact) mass is 538 g/mol. The average molecular weight is 539 g/mol. The Hall–Kier alpha value is -1.91. The van der Waals surface area contributed by atoms with Crippen LogP contribution in [-0.4, -0.2) is 29.8 Å². The van der Waals surface area contributed by atoms with Crippen LogP contribution in [0.3, 0.4) is 0 Å². The third-order valence-corrected chi connectivity index (χ3v) is 7.93. The van der Waals surface area contributed by atoms with Crippen LogP contribution >= 0.6 is 0 Å². The Kier molecular flexibility index (Phi) is 15.1. The lowest BCUT2D eigenvalue weighted by atomic mass is 9.88. The third kappa shape index (κ3) is 11.2. The maximum absolute atomic E-state index is 8.70. The first kappa shape index (κ1) is 33.3. The molecule has 2 aliphatic heterocycles. The number of nitrogens with one attached hydrogen (secondary N) is 1. The molecule has 0 bridgehead atoms. The van der Waals surface area contributed by atoms with Crippen molar-refractivity contribution in [3.63, 3.8) is 0 Å². The van der Waals surface area contributed by atoms with Crippen LogP contribution in [0.25, 0.3) is 0 Å². The van der Waals surface area contributed by atoms with E-state index < -0.39 is 0 Å². The van der Waals surface area contributed by atoms with Crippen molar-refractivity contribution < 1.29 is 9.84 Å². The topological polar surface area (TPSA) is 54.4 Å². The normalized spacial score (nSPS) is 20.4. The van der Waals surface area contributed by atoms with Gasteiger partial charge in [0.05, 0.1) is 13.2 Å². The fraction of sp³-hybridized carbons (Fsp3) is 0.686. The first-order chi connectivity index (χ1) is 18.8. The molecule has 5 rings (SSSR count). The van der Waals surface area contributed by atoms with E-state index in [0.29, 0.717) is 11.3 Å². The molecule has 39 heavy (non-hydrogen) atoms. The molecule has 0 spiro atoms. The van der Waals surface area contributed by atoms with Crippen LogP contribution in [0.4, 0.5) is 5.82 Å². The van der Waals surface area contributed by atoms with Gasteiger partial charge in [-0.05, 0) is 91.0 Å². The summed E-state index contributed by atoms with van der Waals surface area (Å²) in [7, 11) is 0. The molecule has 1 aliphatic carbocycles. The van der Waals surface area contributed by atoms with Crippen molar-refractivity contribution in [2.24, 2.45) is 11.3 Å². The summed E-state index contributed by atoms with van der Waals surface area (Å²) in [5, 5.41) is 12.0. The number of unbranched alkanes of at least 4 members (excludes halogenated alkanes) is 1. The molecule has 0 radical (unpaired) electrons. The molecule has 1 fully saturated rings. The number of aryl methyl sites for hydroxylation is 3. The zero-order valence-corrected chi connectivity index (χ0v) is 26.2. The van der Waals surface area contributed by atoms with E-state index in [9.17, 15) is 0 Å². The van der Waals surface area contributed by atoms with Gasteiger partial charge in [-0.2, -0.15) is 0 Å². The van der Waals surface area contributed by atoms with E-state index in [0.717, 1.165) is 62.9 Å². The van der Waals surface area contributed by atoms with Crippen LogP contribution in [0.5, 0.6) is 0 Å². The summed E-state index contributed by atoms with van der Waals surface area (Å²) >= 11 is 0. The maximum atomic E-state index is 8.70. The Balaban J connectivity index is 0.000000207. The molecular formula is C35H58N2O2. The van der Waals surface area contributed by atoms with Crippen LogP contribution < -0.4 is 5.32 Å². The standard InChI is InChI=1S/C13H18O.C12H18N2O.C8H16.C2H6/c1-3-5-11-6-4-7-12-9-14-8-10(2)13(11)12;15-9-2-1-5-11-7-6-10-4-3-8-13-12(10)14-11;1-7-4-5-8(2,3)6-7;1-2/h4,6-7,10H,3,5,8-9H2,1-2H3;6-7,15H,1-5,8-9H2,(H,13,14);7H,4-6H2,1-3H3;1-2H3. The van der Waals surface area contributed by atoms with E-state index >= 15 is 0 Å². The number of ether oxygens (including phenoxy) is 1. The molecular weight excluding hydrogens is 480 g/mol. The summed E-state index contributed by atoms with van der Waals surface area (Å²) in [6.45, 7) is 18.6. The fourth-order valence-corrected chi connectivity index (χ4v) is 6.05. The highest BCUT2D eigenvalue weighted by Gasteiger charge is 2.27. The minimum absolute atomic E-state index is 0.281. The quantitative estimate of drug-likeness (QED) is 0.361. The molecule has 2 N–H and O–H groups in total. The Morgan fingerprint density at radius 3 is 2.49 bits per heavy atom. The highest BCUT2D eigenvalue weighted by Crippen LogP contribution is 2.40. The third-order valence-electron chi connectivity index (χ3n) is 7.93. The lowest BCUT2D eigenvalue weighted by molar-refractivity contribution is 0.0947. The van der Waals surface area contributed by atoms with Crippen molar-refractivity contribution in [1.82, 2.24) is 4.98 Å². The molecule has 1 aromatic carbocycles. The summed E-state index contributed by atoms with van der Waals surface area (Å²) < 4.78 is 5.54. The van der Waals surface area contributed by atoms with E-state index in [4.69, 9.17) is 9.84 Å². The number of fused-ring (bicyclic) bond motifs is 2. The number of hydrogen-bond acceptors (Lipinski definition) is 4. The second-order valence-electron chi connectivity index (χ2n) is 12.2. The first-order valence-electron chi connectivity index (χ1n) is 15.8. The van der Waals surface area contributed by atoms with Crippen LogP contribution in [0, 0.1) is 11.3 Å².